The van der Waals surface area contributed by atoms with Gasteiger partial charge in [0.25, 0.3) is 5.92 Å². The van der Waals surface area contributed by atoms with E-state index >= 15 is 0 Å². The zero-order valence-electron chi connectivity index (χ0n) is 22.2. The van der Waals surface area contributed by atoms with Gasteiger partial charge in [-0.1, -0.05) is 0 Å². The molecule has 2 saturated carbocycles. The number of alkyl halides is 4. The fourth-order valence-electron chi connectivity index (χ4n) is 4.34. The lowest BCUT2D eigenvalue weighted by molar-refractivity contribution is -0.0542. The second-order valence-electron chi connectivity index (χ2n) is 9.14. The Labute approximate surface area is 199 Å². The Morgan fingerprint density at radius 1 is 1.24 bits per heavy atom. The van der Waals surface area contributed by atoms with Crippen molar-refractivity contribution >= 4 is 11.7 Å². The molecular formula is C22H28F4N6O2. The second-order valence-corrected chi connectivity index (χ2v) is 9.14. The molecule has 3 N–H and O–H groups in total. The Hall–Kier alpha value is -2.47. The van der Waals surface area contributed by atoms with Gasteiger partial charge in [-0.2, -0.15) is 5.10 Å². The molecule has 3 fully saturated rings. The normalized spacial score (nSPS) is 29.4. The Morgan fingerprint density at radius 2 is 1.97 bits per heavy atom. The van der Waals surface area contributed by atoms with E-state index in [1.54, 1.807) is 11.5 Å². The number of halogens is 4. The van der Waals surface area contributed by atoms with Gasteiger partial charge in [-0.25, -0.2) is 31.9 Å². The van der Waals surface area contributed by atoms with E-state index in [0.717, 1.165) is 12.8 Å². The van der Waals surface area contributed by atoms with Crippen LogP contribution >= 0.6 is 0 Å². The monoisotopic (exact) mass is 488 g/mol. The molecular weight excluding hydrogens is 456 g/mol. The number of ether oxygens (including phenoxy) is 1. The van der Waals surface area contributed by atoms with Crippen molar-refractivity contribution in [2.75, 3.05) is 19.6 Å². The van der Waals surface area contributed by atoms with Gasteiger partial charge in [-0.15, -0.1) is 0 Å². The third-order valence-electron chi connectivity index (χ3n) is 6.49. The number of carbonyl (C=O) groups excluding carboxylic acids is 1. The number of fused-ring (bicyclic) bond motifs is 1. The van der Waals surface area contributed by atoms with Crippen LogP contribution in [0.4, 0.5) is 22.4 Å². The molecule has 1 saturated heterocycles. The Morgan fingerprint density at radius 3 is 2.68 bits per heavy atom. The Bertz CT molecular complexity index is 1220. The average molecular weight is 489 g/mol. The molecule has 2 aliphatic carbocycles. The largest absolute Gasteiger partial charge is 0.376 e. The number of nitrogens with one attached hydrogen (secondary N) is 1. The number of nitrogens with two attached hydrogens (primary N) is 1. The molecule has 12 heteroatoms. The first-order chi connectivity index (χ1) is 17.6. The minimum atomic E-state index is -4.60. The van der Waals surface area contributed by atoms with Crippen molar-refractivity contribution in [3.8, 4) is 0 Å². The van der Waals surface area contributed by atoms with E-state index in [4.69, 9.17) is 16.0 Å². The van der Waals surface area contributed by atoms with Gasteiger partial charge in [0.15, 0.2) is 5.65 Å². The van der Waals surface area contributed by atoms with Crippen LogP contribution in [0, 0.1) is 5.92 Å². The minimum absolute atomic E-state index is 0.137. The number of urea groups is 1. The summed E-state index contributed by atoms with van der Waals surface area (Å²) >= 11 is 0. The summed E-state index contributed by atoms with van der Waals surface area (Å²) in [6.07, 6.45) is 4.08. The summed E-state index contributed by atoms with van der Waals surface area (Å²) in [5, 5.41) is 5.80. The fraction of sp³-hybridized carbons (Fsp3) is 0.682. The van der Waals surface area contributed by atoms with E-state index in [-0.39, 0.29) is 60.4 Å². The molecule has 0 bridgehead atoms. The molecule has 2 aromatic rings. The Kier molecular flexibility index (Phi) is 4.78. The first-order valence-electron chi connectivity index (χ1n) is 13.2. The number of carbonyl (C=O) groups is 1. The Balaban J connectivity index is 1.46. The molecule has 5 rings (SSSR count). The summed E-state index contributed by atoms with van der Waals surface area (Å²) in [5.74, 6) is -7.52. The van der Waals surface area contributed by atoms with E-state index in [1.165, 1.54) is 16.8 Å². The van der Waals surface area contributed by atoms with Gasteiger partial charge in [0.05, 0.1) is 61.4 Å². The van der Waals surface area contributed by atoms with Crippen molar-refractivity contribution in [3.05, 3.63) is 29.7 Å². The number of hydrogen-bond acceptors (Lipinski definition) is 5. The highest BCUT2D eigenvalue weighted by Crippen LogP contribution is 2.40. The van der Waals surface area contributed by atoms with Crippen LogP contribution in [0.5, 0.6) is 0 Å². The van der Waals surface area contributed by atoms with E-state index in [2.05, 4.69) is 10.1 Å². The maximum absolute atomic E-state index is 14.9. The molecule has 0 aromatic carbocycles. The SMILES string of the molecule is [2H]C1([2H])NC(=O)N([C@H](COC2CC2)c2cnn3cc([C@@H](N)C4CCC(F)(F)CC4)nc3c2)C([2H])([2H])C1(F)F. The maximum atomic E-state index is 14.9. The van der Waals surface area contributed by atoms with Crippen LogP contribution in [0.3, 0.4) is 0 Å². The highest BCUT2D eigenvalue weighted by atomic mass is 19.3. The lowest BCUT2D eigenvalue weighted by Gasteiger charge is -2.38. The zero-order chi connectivity index (χ0) is 27.7. The summed E-state index contributed by atoms with van der Waals surface area (Å²) < 4.78 is 95.2. The maximum Gasteiger partial charge on any atom is 0.318 e. The molecule has 8 nitrogen and oxygen atoms in total. The van der Waals surface area contributed by atoms with Crippen molar-refractivity contribution in [1.82, 2.24) is 24.8 Å². The third-order valence-corrected chi connectivity index (χ3v) is 6.49. The van der Waals surface area contributed by atoms with Crippen LogP contribution in [0.15, 0.2) is 18.5 Å². The van der Waals surface area contributed by atoms with Crippen LogP contribution in [0.1, 0.15) is 67.3 Å². The summed E-state index contributed by atoms with van der Waals surface area (Å²) in [6, 6.07) is -1.95. The van der Waals surface area contributed by atoms with Gasteiger partial charge in [-0.3, -0.25) is 0 Å². The summed E-state index contributed by atoms with van der Waals surface area (Å²) in [7, 11) is 0. The smallest absolute Gasteiger partial charge is 0.318 e. The van der Waals surface area contributed by atoms with E-state index < -0.39 is 43.0 Å². The van der Waals surface area contributed by atoms with Crippen LogP contribution in [0.25, 0.3) is 5.65 Å². The molecule has 1 aliphatic heterocycles. The van der Waals surface area contributed by atoms with Crippen LogP contribution in [-0.2, 0) is 4.74 Å². The van der Waals surface area contributed by atoms with Crippen molar-refractivity contribution in [2.24, 2.45) is 11.7 Å². The second kappa shape index (κ2) is 8.63. The first-order valence-corrected chi connectivity index (χ1v) is 11.2. The number of nitrogens with zero attached hydrogens (tertiary/aromatic N) is 4. The summed E-state index contributed by atoms with van der Waals surface area (Å²) in [5.41, 5.74) is 7.10. The molecule has 186 valence electrons. The summed E-state index contributed by atoms with van der Waals surface area (Å²) in [4.78, 5) is 17.5. The average Bonchev–Trinajstić information content (AvgIpc) is 3.55. The van der Waals surface area contributed by atoms with E-state index in [1.807, 2.05) is 0 Å². The predicted octanol–water partition coefficient (Wildman–Crippen LogP) is 3.44. The first kappa shape index (κ1) is 18.8. The molecule has 0 unspecified atom stereocenters. The fourth-order valence-corrected chi connectivity index (χ4v) is 4.34. The zero-order valence-corrected chi connectivity index (χ0v) is 18.2. The van der Waals surface area contributed by atoms with Crippen molar-refractivity contribution in [1.29, 1.82) is 0 Å². The molecule has 2 aromatic heterocycles. The van der Waals surface area contributed by atoms with Crippen molar-refractivity contribution in [2.45, 2.75) is 68.6 Å². The quantitative estimate of drug-likeness (QED) is 0.582. The number of imidazole rings is 1. The number of aromatic nitrogens is 3. The van der Waals surface area contributed by atoms with E-state index in [9.17, 15) is 22.4 Å². The van der Waals surface area contributed by atoms with Crippen LogP contribution in [0.2, 0.25) is 0 Å². The van der Waals surface area contributed by atoms with Gasteiger partial charge in [0.2, 0.25) is 5.92 Å². The molecule has 34 heavy (non-hydrogen) atoms. The standard InChI is InChI=1S/C22H28F4N6O2/c23-21(24)5-3-13(4-6-21)19(27)16-9-32-18(30-16)7-14(8-29-32)17(10-34-15-1-2-15)31-12-22(25,26)11-28-20(31)33/h7-9,13,15,17,19H,1-6,10-12,27H2,(H,28,33)/t17-,19+/m1/s1/i11D2,12D2. The van der Waals surface area contributed by atoms with Gasteiger partial charge >= 0.3 is 6.03 Å². The van der Waals surface area contributed by atoms with E-state index in [0.29, 0.717) is 5.69 Å². The van der Waals surface area contributed by atoms with Gasteiger partial charge in [-0.05, 0) is 37.7 Å². The molecule has 3 heterocycles. The highest BCUT2D eigenvalue weighted by Gasteiger charge is 2.43. The molecule has 3 aliphatic rings. The molecule has 0 spiro atoms. The van der Waals surface area contributed by atoms with Gasteiger partial charge in [0, 0.05) is 18.4 Å². The molecule has 2 atom stereocenters. The van der Waals surface area contributed by atoms with Crippen LogP contribution < -0.4 is 11.1 Å². The van der Waals surface area contributed by atoms with Crippen molar-refractivity contribution < 1.29 is 32.6 Å². The van der Waals surface area contributed by atoms with Crippen LogP contribution in [-0.4, -0.2) is 63.1 Å². The predicted molar refractivity (Wildman–Crippen MR) is 114 cm³/mol. The topological polar surface area (TPSA) is 97.8 Å². The highest BCUT2D eigenvalue weighted by molar-refractivity contribution is 5.76. The number of amides is 2. The minimum Gasteiger partial charge on any atom is -0.376 e. The third kappa shape index (κ3) is 4.97. The van der Waals surface area contributed by atoms with Gasteiger partial charge < -0.3 is 20.7 Å². The lowest BCUT2D eigenvalue weighted by Crippen LogP contribution is -2.58. The van der Waals surface area contributed by atoms with Gasteiger partial charge in [0.1, 0.15) is 0 Å². The molecule has 0 radical (unpaired) electrons. The number of rotatable bonds is 7. The molecule has 2 amide bonds. The van der Waals surface area contributed by atoms with Crippen molar-refractivity contribution in [3.63, 3.8) is 0 Å². The lowest BCUT2D eigenvalue weighted by atomic mass is 9.81. The summed E-state index contributed by atoms with van der Waals surface area (Å²) in [6.45, 7) is -7.67. The number of hydrogen-bond donors (Lipinski definition) is 2.